The van der Waals surface area contributed by atoms with Gasteiger partial charge >= 0.3 is 0 Å². The molecule has 0 aromatic heterocycles. The third-order valence-electron chi connectivity index (χ3n) is 4.76. The average Bonchev–Trinajstić information content (AvgIpc) is 2.87. The quantitative estimate of drug-likeness (QED) is 0.414. The maximum Gasteiger partial charge on any atom is 0.262 e. The summed E-state index contributed by atoms with van der Waals surface area (Å²) in [4.78, 5) is 24.7. The molecule has 182 valence electrons. The molecule has 8 heteroatoms. The summed E-state index contributed by atoms with van der Waals surface area (Å²) >= 11 is 0. The Morgan fingerprint density at radius 1 is 0.714 bits per heavy atom. The SMILES string of the molecule is CC=Cc1ccc(OCC(=O)Nc2cccc(NC(=O)COc3ccccc3OC)c2)c(OC)c1. The van der Waals surface area contributed by atoms with Crippen LogP contribution >= 0.6 is 0 Å². The minimum Gasteiger partial charge on any atom is -0.493 e. The first kappa shape index (κ1) is 25.2. The summed E-state index contributed by atoms with van der Waals surface area (Å²) in [6, 6.07) is 19.3. The van der Waals surface area contributed by atoms with Crippen molar-refractivity contribution in [3.8, 4) is 23.0 Å². The predicted octanol–water partition coefficient (Wildman–Crippen LogP) is 4.77. The molecular weight excluding hydrogens is 448 g/mol. The molecule has 3 rings (SSSR count). The summed E-state index contributed by atoms with van der Waals surface area (Å²) in [5.41, 5.74) is 1.99. The van der Waals surface area contributed by atoms with Crippen LogP contribution in [0.5, 0.6) is 23.0 Å². The maximum atomic E-state index is 12.4. The van der Waals surface area contributed by atoms with Crippen molar-refractivity contribution in [3.05, 3.63) is 78.4 Å². The molecule has 8 nitrogen and oxygen atoms in total. The summed E-state index contributed by atoms with van der Waals surface area (Å²) in [6.45, 7) is 1.53. The van der Waals surface area contributed by atoms with Gasteiger partial charge in [0.2, 0.25) is 0 Å². The van der Waals surface area contributed by atoms with Crippen molar-refractivity contribution < 1.29 is 28.5 Å². The van der Waals surface area contributed by atoms with E-state index in [4.69, 9.17) is 18.9 Å². The average molecular weight is 477 g/mol. The highest BCUT2D eigenvalue weighted by atomic mass is 16.5. The van der Waals surface area contributed by atoms with Crippen molar-refractivity contribution >= 4 is 29.3 Å². The van der Waals surface area contributed by atoms with Crippen molar-refractivity contribution in [2.45, 2.75) is 6.92 Å². The summed E-state index contributed by atoms with van der Waals surface area (Å²) in [7, 11) is 3.08. The van der Waals surface area contributed by atoms with Gasteiger partial charge in [-0.05, 0) is 55.0 Å². The standard InChI is InChI=1S/C27H28N2O6/c1-4-8-19-13-14-24(25(15-19)33-3)35-18-27(31)29-21-10-7-9-20(16-21)28-26(30)17-34-23-12-6-5-11-22(23)32-2/h4-16H,17-18H2,1-3H3,(H,28,30)(H,29,31). The van der Waals surface area contributed by atoms with Crippen molar-refractivity contribution in [2.75, 3.05) is 38.1 Å². The molecule has 0 unspecified atom stereocenters. The molecule has 35 heavy (non-hydrogen) atoms. The van der Waals surface area contributed by atoms with Crippen LogP contribution in [0.2, 0.25) is 0 Å². The van der Waals surface area contributed by atoms with E-state index < -0.39 is 0 Å². The van der Waals surface area contributed by atoms with Crippen molar-refractivity contribution in [3.63, 3.8) is 0 Å². The number of hydrogen-bond acceptors (Lipinski definition) is 6. The van der Waals surface area contributed by atoms with Gasteiger partial charge in [-0.1, -0.05) is 36.4 Å². The van der Waals surface area contributed by atoms with Crippen LogP contribution in [0.15, 0.2) is 72.8 Å². The van der Waals surface area contributed by atoms with Gasteiger partial charge in [-0.3, -0.25) is 9.59 Å². The molecule has 0 atom stereocenters. The Morgan fingerprint density at radius 3 is 1.86 bits per heavy atom. The number of para-hydroxylation sites is 2. The Bertz CT molecular complexity index is 1190. The normalized spacial score (nSPS) is 10.5. The molecule has 0 aliphatic carbocycles. The zero-order valence-corrected chi connectivity index (χ0v) is 19.9. The van der Waals surface area contributed by atoms with Gasteiger partial charge < -0.3 is 29.6 Å². The van der Waals surface area contributed by atoms with E-state index in [1.807, 2.05) is 37.3 Å². The number of allylic oxidation sites excluding steroid dienone is 1. The first-order valence-electron chi connectivity index (χ1n) is 10.9. The van der Waals surface area contributed by atoms with Crippen LogP contribution in [0.4, 0.5) is 11.4 Å². The number of methoxy groups -OCH3 is 2. The van der Waals surface area contributed by atoms with E-state index in [9.17, 15) is 9.59 Å². The second-order valence-corrected chi connectivity index (χ2v) is 7.32. The first-order chi connectivity index (χ1) is 17.0. The number of benzene rings is 3. The van der Waals surface area contributed by atoms with E-state index in [0.29, 0.717) is 34.4 Å². The molecule has 0 heterocycles. The molecule has 0 bridgehead atoms. The lowest BCUT2D eigenvalue weighted by Crippen LogP contribution is -2.21. The zero-order chi connectivity index (χ0) is 25.0. The minimum atomic E-state index is -0.354. The minimum absolute atomic E-state index is 0.195. The molecule has 3 aromatic rings. The topological polar surface area (TPSA) is 95.1 Å². The number of anilines is 2. The molecule has 0 aliphatic rings. The van der Waals surface area contributed by atoms with E-state index in [2.05, 4.69) is 10.6 Å². The van der Waals surface area contributed by atoms with E-state index in [-0.39, 0.29) is 25.0 Å². The molecule has 0 saturated heterocycles. The highest BCUT2D eigenvalue weighted by Gasteiger charge is 2.10. The van der Waals surface area contributed by atoms with Crippen molar-refractivity contribution in [2.24, 2.45) is 0 Å². The molecule has 0 fully saturated rings. The predicted molar refractivity (Wildman–Crippen MR) is 135 cm³/mol. The Labute approximate surface area is 204 Å². The number of nitrogens with one attached hydrogen (secondary N) is 2. The second kappa shape index (κ2) is 12.7. The number of amides is 2. The lowest BCUT2D eigenvalue weighted by Gasteiger charge is -2.13. The van der Waals surface area contributed by atoms with Crippen LogP contribution in [0.25, 0.3) is 6.08 Å². The highest BCUT2D eigenvalue weighted by Crippen LogP contribution is 2.29. The molecule has 3 aromatic carbocycles. The van der Waals surface area contributed by atoms with Crippen LogP contribution in [0.3, 0.4) is 0 Å². The van der Waals surface area contributed by atoms with E-state index in [0.717, 1.165) is 5.56 Å². The fraction of sp³-hybridized carbons (Fsp3) is 0.185. The summed E-state index contributed by atoms with van der Waals surface area (Å²) in [5.74, 6) is 1.31. The summed E-state index contributed by atoms with van der Waals surface area (Å²) in [6.07, 6.45) is 3.86. The number of ether oxygens (including phenoxy) is 4. The molecule has 0 spiro atoms. The van der Waals surface area contributed by atoms with E-state index >= 15 is 0 Å². The maximum absolute atomic E-state index is 12.4. The van der Waals surface area contributed by atoms with E-state index in [1.54, 1.807) is 55.6 Å². The van der Waals surface area contributed by atoms with Gasteiger partial charge in [0.1, 0.15) is 0 Å². The third-order valence-corrected chi connectivity index (χ3v) is 4.76. The van der Waals surface area contributed by atoms with Crippen molar-refractivity contribution in [1.29, 1.82) is 0 Å². The monoisotopic (exact) mass is 476 g/mol. The molecule has 0 radical (unpaired) electrons. The van der Waals surface area contributed by atoms with Crippen LogP contribution in [-0.2, 0) is 9.59 Å². The van der Waals surface area contributed by atoms with Gasteiger partial charge in [-0.15, -0.1) is 0 Å². The van der Waals surface area contributed by atoms with Gasteiger partial charge in [0, 0.05) is 11.4 Å². The smallest absolute Gasteiger partial charge is 0.262 e. The molecule has 0 aliphatic heterocycles. The Hall–Kier alpha value is -4.46. The number of rotatable bonds is 11. The highest BCUT2D eigenvalue weighted by molar-refractivity contribution is 5.95. The Kier molecular flexibility index (Phi) is 9.13. The second-order valence-electron chi connectivity index (χ2n) is 7.32. The van der Waals surface area contributed by atoms with Gasteiger partial charge in [0.25, 0.3) is 11.8 Å². The fourth-order valence-corrected chi connectivity index (χ4v) is 3.19. The molecule has 2 amide bonds. The van der Waals surface area contributed by atoms with Crippen LogP contribution in [-0.4, -0.2) is 39.2 Å². The Morgan fingerprint density at radius 2 is 1.29 bits per heavy atom. The number of hydrogen-bond donors (Lipinski definition) is 2. The molecule has 0 saturated carbocycles. The lowest BCUT2D eigenvalue weighted by molar-refractivity contribution is -0.118. The molecule has 2 N–H and O–H groups in total. The van der Waals surface area contributed by atoms with E-state index in [1.165, 1.54) is 7.11 Å². The van der Waals surface area contributed by atoms with Crippen LogP contribution in [0.1, 0.15) is 12.5 Å². The lowest BCUT2D eigenvalue weighted by atomic mass is 10.2. The fourth-order valence-electron chi connectivity index (χ4n) is 3.19. The van der Waals surface area contributed by atoms with Crippen molar-refractivity contribution in [1.82, 2.24) is 0 Å². The Balaban J connectivity index is 1.52. The van der Waals surface area contributed by atoms with Crippen LogP contribution < -0.4 is 29.6 Å². The first-order valence-corrected chi connectivity index (χ1v) is 10.9. The zero-order valence-electron chi connectivity index (χ0n) is 19.9. The van der Waals surface area contributed by atoms with Gasteiger partial charge in [0.15, 0.2) is 36.2 Å². The third kappa shape index (κ3) is 7.53. The molecular formula is C27H28N2O6. The summed E-state index contributed by atoms with van der Waals surface area (Å²) in [5, 5.41) is 5.50. The van der Waals surface area contributed by atoms with Crippen LogP contribution in [0, 0.1) is 0 Å². The summed E-state index contributed by atoms with van der Waals surface area (Å²) < 4.78 is 21.7. The van der Waals surface area contributed by atoms with Gasteiger partial charge in [0.05, 0.1) is 14.2 Å². The van der Waals surface area contributed by atoms with Gasteiger partial charge in [-0.25, -0.2) is 0 Å². The van der Waals surface area contributed by atoms with Gasteiger partial charge in [-0.2, -0.15) is 0 Å². The number of carbonyl (C=O) groups is 2. The number of carbonyl (C=O) groups excluding carboxylic acids is 2. The largest absolute Gasteiger partial charge is 0.493 e.